The molecule has 0 saturated heterocycles. The molecule has 2 rings (SSSR count). The van der Waals surface area contributed by atoms with Crippen molar-refractivity contribution in [3.05, 3.63) is 69.7 Å². The van der Waals surface area contributed by atoms with Crippen molar-refractivity contribution >= 4 is 21.7 Å². The maximum atomic E-state index is 13.5. The second-order valence-electron chi connectivity index (χ2n) is 4.87. The van der Waals surface area contributed by atoms with Gasteiger partial charge in [-0.1, -0.05) is 41.1 Å². The van der Waals surface area contributed by atoms with E-state index in [1.54, 1.807) is 6.92 Å². The number of rotatable bonds is 5. The van der Waals surface area contributed by atoms with Crippen molar-refractivity contribution in [2.24, 2.45) is 0 Å². The Morgan fingerprint density at radius 1 is 1.05 bits per heavy atom. The molecule has 0 N–H and O–H groups in total. The van der Waals surface area contributed by atoms with Gasteiger partial charge in [-0.25, -0.2) is 8.78 Å². The van der Waals surface area contributed by atoms with Gasteiger partial charge in [-0.05, 0) is 35.4 Å². The Bertz CT molecular complexity index is 638. The van der Waals surface area contributed by atoms with Crippen LogP contribution in [0.2, 0.25) is 0 Å². The summed E-state index contributed by atoms with van der Waals surface area (Å²) < 4.78 is 27.5. The largest absolute Gasteiger partial charge is 0.300 e. The lowest BCUT2D eigenvalue weighted by Crippen LogP contribution is -2.08. The van der Waals surface area contributed by atoms with Gasteiger partial charge in [-0.2, -0.15) is 0 Å². The normalized spacial score (nSPS) is 12.2. The van der Waals surface area contributed by atoms with Gasteiger partial charge in [0.15, 0.2) is 11.6 Å². The van der Waals surface area contributed by atoms with E-state index in [4.69, 9.17) is 0 Å². The Kier molecular flexibility index (Phi) is 5.23. The molecule has 1 nitrogen and oxygen atoms in total. The summed E-state index contributed by atoms with van der Waals surface area (Å²) in [6.45, 7) is 1.80. The first kappa shape index (κ1) is 15.8. The van der Waals surface area contributed by atoms with E-state index < -0.39 is 11.6 Å². The van der Waals surface area contributed by atoms with Gasteiger partial charge in [0, 0.05) is 23.2 Å². The van der Waals surface area contributed by atoms with Crippen LogP contribution in [0.5, 0.6) is 0 Å². The van der Waals surface area contributed by atoms with Crippen molar-refractivity contribution in [3.8, 4) is 0 Å². The number of halogens is 3. The van der Waals surface area contributed by atoms with Crippen LogP contribution in [0.15, 0.2) is 46.9 Å². The molecule has 0 radical (unpaired) electrons. The lowest BCUT2D eigenvalue weighted by atomic mass is 9.86. The van der Waals surface area contributed by atoms with Gasteiger partial charge in [0.2, 0.25) is 0 Å². The van der Waals surface area contributed by atoms with Crippen LogP contribution in [-0.4, -0.2) is 5.78 Å². The Morgan fingerprint density at radius 3 is 2.24 bits per heavy atom. The van der Waals surface area contributed by atoms with Gasteiger partial charge in [0.1, 0.15) is 5.78 Å². The molecule has 0 spiro atoms. The van der Waals surface area contributed by atoms with Crippen molar-refractivity contribution in [2.45, 2.75) is 25.7 Å². The predicted molar refractivity (Wildman–Crippen MR) is 82.3 cm³/mol. The first-order chi connectivity index (χ1) is 10.0. The minimum absolute atomic E-state index is 0.0904. The molecule has 1 unspecified atom stereocenters. The first-order valence-corrected chi connectivity index (χ1v) is 7.52. The molecular weight excluding hydrogens is 338 g/mol. The van der Waals surface area contributed by atoms with Gasteiger partial charge < -0.3 is 0 Å². The lowest BCUT2D eigenvalue weighted by Gasteiger charge is -2.17. The minimum atomic E-state index is -0.890. The molecule has 0 aliphatic heterocycles. The van der Waals surface area contributed by atoms with E-state index in [0.29, 0.717) is 12.0 Å². The first-order valence-electron chi connectivity index (χ1n) is 6.73. The Balaban J connectivity index is 2.41. The Hall–Kier alpha value is -1.55. The van der Waals surface area contributed by atoms with Gasteiger partial charge in [-0.15, -0.1) is 0 Å². The quantitative estimate of drug-likeness (QED) is 0.720. The van der Waals surface area contributed by atoms with Crippen molar-refractivity contribution in [1.82, 2.24) is 0 Å². The second-order valence-corrected chi connectivity index (χ2v) is 5.79. The SMILES string of the molecule is CCC(=O)CC(c1ccc(Br)cc1)c1ccc(F)c(F)c1. The zero-order valence-electron chi connectivity index (χ0n) is 11.6. The van der Waals surface area contributed by atoms with E-state index in [1.165, 1.54) is 12.1 Å². The summed E-state index contributed by atoms with van der Waals surface area (Å²) >= 11 is 3.36. The number of carbonyl (C=O) groups excluding carboxylic acids is 1. The van der Waals surface area contributed by atoms with E-state index in [-0.39, 0.29) is 18.1 Å². The third-order valence-electron chi connectivity index (χ3n) is 3.44. The molecule has 0 saturated carbocycles. The predicted octanol–water partition coefficient (Wildman–Crippen LogP) is 5.23. The fourth-order valence-corrected chi connectivity index (χ4v) is 2.49. The van der Waals surface area contributed by atoms with Crippen LogP contribution in [0, 0.1) is 11.6 Å². The lowest BCUT2D eigenvalue weighted by molar-refractivity contribution is -0.118. The fraction of sp³-hybridized carbons (Fsp3) is 0.235. The number of carbonyl (C=O) groups is 1. The number of hydrogen-bond donors (Lipinski definition) is 0. The Labute approximate surface area is 131 Å². The molecular formula is C17H15BrF2O. The molecule has 0 bridgehead atoms. The van der Waals surface area contributed by atoms with Crippen molar-refractivity contribution in [2.75, 3.05) is 0 Å². The molecule has 4 heteroatoms. The molecule has 2 aromatic carbocycles. The van der Waals surface area contributed by atoms with Crippen molar-refractivity contribution in [3.63, 3.8) is 0 Å². The molecule has 0 heterocycles. The number of hydrogen-bond acceptors (Lipinski definition) is 1. The van der Waals surface area contributed by atoms with Crippen molar-refractivity contribution < 1.29 is 13.6 Å². The topological polar surface area (TPSA) is 17.1 Å². The molecule has 0 aliphatic carbocycles. The van der Waals surface area contributed by atoms with Crippen LogP contribution in [0.3, 0.4) is 0 Å². The van der Waals surface area contributed by atoms with Gasteiger partial charge in [0.25, 0.3) is 0 Å². The number of Topliss-reactive ketones (excluding diaryl/α,β-unsaturated/α-hetero) is 1. The van der Waals surface area contributed by atoms with Crippen LogP contribution in [0.25, 0.3) is 0 Å². The molecule has 0 amide bonds. The number of benzene rings is 2. The highest BCUT2D eigenvalue weighted by atomic mass is 79.9. The van der Waals surface area contributed by atoms with E-state index in [9.17, 15) is 13.6 Å². The zero-order chi connectivity index (χ0) is 15.4. The summed E-state index contributed by atoms with van der Waals surface area (Å²) in [5, 5.41) is 0. The summed E-state index contributed by atoms with van der Waals surface area (Å²) in [6, 6.07) is 11.3. The number of ketones is 1. The average Bonchev–Trinajstić information content (AvgIpc) is 2.48. The molecule has 21 heavy (non-hydrogen) atoms. The van der Waals surface area contributed by atoms with E-state index in [1.807, 2.05) is 24.3 Å². The van der Waals surface area contributed by atoms with Crippen LogP contribution in [0.1, 0.15) is 36.8 Å². The highest BCUT2D eigenvalue weighted by Crippen LogP contribution is 2.30. The van der Waals surface area contributed by atoms with Crippen LogP contribution in [-0.2, 0) is 4.79 Å². The molecule has 2 aromatic rings. The summed E-state index contributed by atoms with van der Waals surface area (Å²) in [4.78, 5) is 11.8. The second kappa shape index (κ2) is 6.94. The highest BCUT2D eigenvalue weighted by molar-refractivity contribution is 9.10. The standard InChI is InChI=1S/C17H15BrF2O/c1-2-14(21)10-15(11-3-6-13(18)7-4-11)12-5-8-16(19)17(20)9-12/h3-9,15H,2,10H2,1H3. The fourth-order valence-electron chi connectivity index (χ4n) is 2.22. The monoisotopic (exact) mass is 352 g/mol. The third kappa shape index (κ3) is 3.97. The van der Waals surface area contributed by atoms with Crippen LogP contribution >= 0.6 is 15.9 Å². The molecule has 110 valence electrons. The van der Waals surface area contributed by atoms with E-state index in [2.05, 4.69) is 15.9 Å². The van der Waals surface area contributed by atoms with Crippen LogP contribution < -0.4 is 0 Å². The maximum absolute atomic E-state index is 13.5. The smallest absolute Gasteiger partial charge is 0.159 e. The molecule has 0 aromatic heterocycles. The van der Waals surface area contributed by atoms with Gasteiger partial charge >= 0.3 is 0 Å². The highest BCUT2D eigenvalue weighted by Gasteiger charge is 2.19. The van der Waals surface area contributed by atoms with Gasteiger partial charge in [0.05, 0.1) is 0 Å². The van der Waals surface area contributed by atoms with Gasteiger partial charge in [-0.3, -0.25) is 4.79 Å². The third-order valence-corrected chi connectivity index (χ3v) is 3.97. The zero-order valence-corrected chi connectivity index (χ0v) is 13.2. The van der Waals surface area contributed by atoms with Crippen LogP contribution in [0.4, 0.5) is 8.78 Å². The molecule has 1 atom stereocenters. The summed E-state index contributed by atoms with van der Waals surface area (Å²) in [5.41, 5.74) is 1.52. The maximum Gasteiger partial charge on any atom is 0.159 e. The minimum Gasteiger partial charge on any atom is -0.300 e. The van der Waals surface area contributed by atoms with E-state index in [0.717, 1.165) is 16.1 Å². The van der Waals surface area contributed by atoms with Crippen molar-refractivity contribution in [1.29, 1.82) is 0 Å². The average molecular weight is 353 g/mol. The summed E-state index contributed by atoms with van der Waals surface area (Å²) in [7, 11) is 0. The Morgan fingerprint density at radius 2 is 1.67 bits per heavy atom. The summed E-state index contributed by atoms with van der Waals surface area (Å²) in [6.07, 6.45) is 0.708. The van der Waals surface area contributed by atoms with E-state index >= 15 is 0 Å². The molecule has 0 aliphatic rings. The molecule has 0 fully saturated rings. The summed E-state index contributed by atoms with van der Waals surface area (Å²) in [5.74, 6) is -1.94.